The van der Waals surface area contributed by atoms with Crippen molar-refractivity contribution in [2.75, 3.05) is 0 Å². The topological polar surface area (TPSA) is 86.1 Å². The third-order valence-corrected chi connectivity index (χ3v) is 5.65. The lowest BCUT2D eigenvalue weighted by molar-refractivity contribution is -0.130. The Morgan fingerprint density at radius 3 is 2.66 bits per heavy atom. The number of aromatic nitrogens is 3. The van der Waals surface area contributed by atoms with Crippen molar-refractivity contribution in [2.45, 2.75) is 65.5 Å². The van der Waals surface area contributed by atoms with Crippen LogP contribution in [0.25, 0.3) is 5.82 Å². The predicted molar refractivity (Wildman–Crippen MR) is 110 cm³/mol. The van der Waals surface area contributed by atoms with E-state index >= 15 is 0 Å². The fraction of sp³-hybridized carbons (Fsp3) is 0.524. The first kappa shape index (κ1) is 21.3. The Kier molecular flexibility index (Phi) is 6.57. The van der Waals surface area contributed by atoms with Crippen LogP contribution < -0.4 is 5.32 Å². The molecule has 0 aliphatic heterocycles. The summed E-state index contributed by atoms with van der Waals surface area (Å²) < 4.78 is 6.98. The number of nitrogens with zero attached hydrogens (tertiary/aromatic N) is 3. The quantitative estimate of drug-likeness (QED) is 0.747. The van der Waals surface area contributed by atoms with E-state index in [1.165, 1.54) is 6.42 Å². The molecule has 0 bridgehead atoms. The molecule has 2 aromatic rings. The summed E-state index contributed by atoms with van der Waals surface area (Å²) >= 11 is 6.17. The molecule has 7 nitrogen and oxygen atoms in total. The van der Waals surface area contributed by atoms with Crippen molar-refractivity contribution in [1.29, 1.82) is 0 Å². The Hall–Kier alpha value is -2.41. The number of amides is 1. The summed E-state index contributed by atoms with van der Waals surface area (Å²) in [6, 6.07) is 5.28. The number of ether oxygens (including phenoxy) is 1. The number of aryl methyl sites for hydroxylation is 2. The molecule has 3 unspecified atom stereocenters. The van der Waals surface area contributed by atoms with Crippen molar-refractivity contribution in [3.05, 3.63) is 40.3 Å². The maximum absolute atomic E-state index is 12.6. The van der Waals surface area contributed by atoms with Crippen LogP contribution in [0.4, 0.5) is 0 Å². The molecule has 1 aliphatic rings. The van der Waals surface area contributed by atoms with Crippen LogP contribution in [0.3, 0.4) is 0 Å². The minimum absolute atomic E-state index is 0.0394. The van der Waals surface area contributed by atoms with Gasteiger partial charge in [0.1, 0.15) is 0 Å². The number of pyridine rings is 1. The van der Waals surface area contributed by atoms with Gasteiger partial charge in [0.15, 0.2) is 17.6 Å². The van der Waals surface area contributed by atoms with E-state index in [1.54, 1.807) is 23.7 Å². The summed E-state index contributed by atoms with van der Waals surface area (Å²) in [4.78, 5) is 29.4. The van der Waals surface area contributed by atoms with Gasteiger partial charge in [0.25, 0.3) is 5.91 Å². The largest absolute Gasteiger partial charge is 0.448 e. The minimum Gasteiger partial charge on any atom is -0.448 e. The normalized spacial score (nSPS) is 20.2. The highest BCUT2D eigenvalue weighted by atomic mass is 35.5. The van der Waals surface area contributed by atoms with Crippen LogP contribution >= 0.6 is 11.6 Å². The fourth-order valence-electron chi connectivity index (χ4n) is 3.65. The number of carbonyl (C=O) groups is 2. The lowest BCUT2D eigenvalue weighted by Crippen LogP contribution is -2.46. The second kappa shape index (κ2) is 8.95. The lowest BCUT2D eigenvalue weighted by Gasteiger charge is -2.30. The Balaban J connectivity index is 1.70. The highest BCUT2D eigenvalue weighted by molar-refractivity contribution is 6.33. The molecule has 2 heterocycles. The van der Waals surface area contributed by atoms with Crippen molar-refractivity contribution in [3.63, 3.8) is 0 Å². The van der Waals surface area contributed by atoms with E-state index in [2.05, 4.69) is 22.3 Å². The average molecular weight is 419 g/mol. The average Bonchev–Trinajstić information content (AvgIpc) is 3.02. The Labute approximate surface area is 175 Å². The number of rotatable bonds is 5. The van der Waals surface area contributed by atoms with Crippen LogP contribution in [0.2, 0.25) is 5.02 Å². The molecule has 0 spiro atoms. The van der Waals surface area contributed by atoms with E-state index in [1.807, 2.05) is 19.9 Å². The minimum atomic E-state index is -0.938. The Morgan fingerprint density at radius 1 is 1.28 bits per heavy atom. The van der Waals surface area contributed by atoms with Crippen molar-refractivity contribution in [1.82, 2.24) is 20.1 Å². The molecule has 2 aromatic heterocycles. The zero-order valence-electron chi connectivity index (χ0n) is 17.2. The molecule has 1 amide bonds. The van der Waals surface area contributed by atoms with Crippen molar-refractivity contribution in [3.8, 4) is 5.82 Å². The molecule has 1 N–H and O–H groups in total. The molecule has 0 saturated heterocycles. The van der Waals surface area contributed by atoms with Gasteiger partial charge in [-0.05, 0) is 57.7 Å². The SMILES string of the molecule is Cc1cc(C)n(-c2ccc(Cl)c(C(=O)OC(C)C(=O)NC3CCCCC3C)n2)n1. The van der Waals surface area contributed by atoms with Crippen LogP contribution in [0.1, 0.15) is 61.4 Å². The van der Waals surface area contributed by atoms with Gasteiger partial charge < -0.3 is 10.1 Å². The predicted octanol–water partition coefficient (Wildman–Crippen LogP) is 3.78. The van der Waals surface area contributed by atoms with Crippen LogP contribution in [-0.2, 0) is 9.53 Å². The Bertz CT molecular complexity index is 911. The van der Waals surface area contributed by atoms with Gasteiger partial charge in [-0.15, -0.1) is 0 Å². The van der Waals surface area contributed by atoms with E-state index in [4.69, 9.17) is 16.3 Å². The molecule has 29 heavy (non-hydrogen) atoms. The van der Waals surface area contributed by atoms with Crippen LogP contribution in [-0.4, -0.2) is 38.8 Å². The third kappa shape index (κ3) is 4.96. The molecule has 1 fully saturated rings. The monoisotopic (exact) mass is 418 g/mol. The van der Waals surface area contributed by atoms with E-state index in [-0.39, 0.29) is 22.7 Å². The van der Waals surface area contributed by atoms with E-state index in [0.717, 1.165) is 30.7 Å². The summed E-state index contributed by atoms with van der Waals surface area (Å²) in [5, 5.41) is 7.53. The summed E-state index contributed by atoms with van der Waals surface area (Å²) in [6.07, 6.45) is 3.39. The smallest absolute Gasteiger partial charge is 0.359 e. The first-order valence-electron chi connectivity index (χ1n) is 9.98. The summed E-state index contributed by atoms with van der Waals surface area (Å²) in [7, 11) is 0. The fourth-order valence-corrected chi connectivity index (χ4v) is 3.84. The van der Waals surface area contributed by atoms with Gasteiger partial charge >= 0.3 is 5.97 Å². The number of nitrogens with one attached hydrogen (secondary N) is 1. The first-order chi connectivity index (χ1) is 13.8. The number of hydrogen-bond acceptors (Lipinski definition) is 5. The molecule has 1 saturated carbocycles. The van der Waals surface area contributed by atoms with Gasteiger partial charge in [0, 0.05) is 11.7 Å². The number of esters is 1. The molecule has 3 atom stereocenters. The first-order valence-corrected chi connectivity index (χ1v) is 10.4. The van der Waals surface area contributed by atoms with Crippen molar-refractivity contribution in [2.24, 2.45) is 5.92 Å². The van der Waals surface area contributed by atoms with E-state index < -0.39 is 12.1 Å². The van der Waals surface area contributed by atoms with Crippen LogP contribution in [0.15, 0.2) is 18.2 Å². The third-order valence-electron chi connectivity index (χ3n) is 5.34. The summed E-state index contributed by atoms with van der Waals surface area (Å²) in [6.45, 7) is 7.46. The van der Waals surface area contributed by atoms with E-state index in [9.17, 15) is 9.59 Å². The molecule has 156 valence electrons. The summed E-state index contributed by atoms with van der Waals surface area (Å²) in [5.41, 5.74) is 1.68. The molecular weight excluding hydrogens is 392 g/mol. The molecule has 0 radical (unpaired) electrons. The van der Waals surface area contributed by atoms with Crippen LogP contribution in [0, 0.1) is 19.8 Å². The highest BCUT2D eigenvalue weighted by Crippen LogP contribution is 2.24. The number of hydrogen-bond donors (Lipinski definition) is 1. The van der Waals surface area contributed by atoms with Crippen molar-refractivity contribution < 1.29 is 14.3 Å². The standard InChI is InChI=1S/C21H27ClN4O3/c1-12-7-5-6-8-17(12)23-20(27)15(4)29-21(28)19-16(22)9-10-18(24-19)26-14(3)11-13(2)25-26/h9-12,15,17H,5-8H2,1-4H3,(H,23,27). The number of halogens is 1. The summed E-state index contributed by atoms with van der Waals surface area (Å²) in [5.74, 6) is -0.162. The van der Waals surface area contributed by atoms with Gasteiger partial charge in [0.05, 0.1) is 10.7 Å². The van der Waals surface area contributed by atoms with Gasteiger partial charge in [-0.1, -0.05) is 31.4 Å². The molecule has 1 aliphatic carbocycles. The molecule has 3 rings (SSSR count). The maximum atomic E-state index is 12.6. The van der Waals surface area contributed by atoms with Crippen LogP contribution in [0.5, 0.6) is 0 Å². The van der Waals surface area contributed by atoms with Gasteiger partial charge in [-0.25, -0.2) is 14.5 Å². The molecular formula is C21H27ClN4O3. The molecule has 8 heteroatoms. The Morgan fingerprint density at radius 2 is 2.00 bits per heavy atom. The van der Waals surface area contributed by atoms with Crippen molar-refractivity contribution >= 4 is 23.5 Å². The van der Waals surface area contributed by atoms with Gasteiger partial charge in [-0.2, -0.15) is 5.10 Å². The second-order valence-electron chi connectivity index (χ2n) is 7.76. The molecule has 0 aromatic carbocycles. The van der Waals surface area contributed by atoms with Gasteiger partial charge in [-0.3, -0.25) is 4.79 Å². The lowest BCUT2D eigenvalue weighted by atomic mass is 9.86. The maximum Gasteiger partial charge on any atom is 0.359 e. The van der Waals surface area contributed by atoms with Gasteiger partial charge in [0.2, 0.25) is 0 Å². The second-order valence-corrected chi connectivity index (χ2v) is 8.17. The zero-order valence-corrected chi connectivity index (χ0v) is 18.0. The number of carbonyl (C=O) groups excluding carboxylic acids is 2. The highest BCUT2D eigenvalue weighted by Gasteiger charge is 2.27. The zero-order chi connectivity index (χ0) is 21.1. The van der Waals surface area contributed by atoms with E-state index in [0.29, 0.717) is 11.7 Å².